The molecule has 0 spiro atoms. The lowest BCUT2D eigenvalue weighted by molar-refractivity contribution is 0.511. The summed E-state index contributed by atoms with van der Waals surface area (Å²) in [5, 5.41) is 4.90. The molecular formula is C13H18Cl2N2. The number of nitrogens with two attached hydrogens (primary N) is 1. The molecule has 2 rings (SSSR count). The summed E-state index contributed by atoms with van der Waals surface area (Å²) < 4.78 is 0. The molecule has 0 bridgehead atoms. The molecule has 0 amide bonds. The molecule has 3 atom stereocenters. The highest BCUT2D eigenvalue weighted by Gasteiger charge is 2.32. The quantitative estimate of drug-likeness (QED) is 0.864. The van der Waals surface area contributed by atoms with Crippen LogP contribution < -0.4 is 11.1 Å². The van der Waals surface area contributed by atoms with Crippen LogP contribution in [0.15, 0.2) is 18.2 Å². The number of rotatable bonds is 5. The highest BCUT2D eigenvalue weighted by atomic mass is 35.5. The Balaban J connectivity index is 2.03. The van der Waals surface area contributed by atoms with Crippen LogP contribution in [0.3, 0.4) is 0 Å². The van der Waals surface area contributed by atoms with E-state index in [-0.39, 0.29) is 6.04 Å². The summed E-state index contributed by atoms with van der Waals surface area (Å²) in [5.41, 5.74) is 6.80. The van der Waals surface area contributed by atoms with Crippen LogP contribution in [0.1, 0.15) is 24.9 Å². The maximum Gasteiger partial charge on any atom is 0.0460 e. The number of hydrogen-bond donors (Lipinski definition) is 2. The molecule has 0 saturated heterocycles. The monoisotopic (exact) mass is 272 g/mol. The minimum atomic E-state index is 0.0917. The maximum atomic E-state index is 6.18. The van der Waals surface area contributed by atoms with Crippen LogP contribution in [0.25, 0.3) is 0 Å². The summed E-state index contributed by atoms with van der Waals surface area (Å²) in [6.07, 6.45) is 1.31. The van der Waals surface area contributed by atoms with E-state index in [9.17, 15) is 0 Å². The van der Waals surface area contributed by atoms with E-state index >= 15 is 0 Å². The van der Waals surface area contributed by atoms with Gasteiger partial charge in [0.1, 0.15) is 0 Å². The van der Waals surface area contributed by atoms with Crippen molar-refractivity contribution in [1.29, 1.82) is 0 Å². The van der Waals surface area contributed by atoms with E-state index in [4.69, 9.17) is 28.9 Å². The second-order valence-corrected chi connectivity index (χ2v) is 5.68. The molecule has 0 radical (unpaired) electrons. The van der Waals surface area contributed by atoms with Crippen molar-refractivity contribution >= 4 is 23.2 Å². The first-order valence-electron chi connectivity index (χ1n) is 6.00. The van der Waals surface area contributed by atoms with Crippen LogP contribution in [0, 0.1) is 11.8 Å². The van der Waals surface area contributed by atoms with E-state index in [1.165, 1.54) is 6.42 Å². The molecule has 1 saturated carbocycles. The van der Waals surface area contributed by atoms with Gasteiger partial charge in [-0.2, -0.15) is 0 Å². The van der Waals surface area contributed by atoms with Gasteiger partial charge < -0.3 is 11.1 Å². The van der Waals surface area contributed by atoms with Gasteiger partial charge in [-0.15, -0.1) is 0 Å². The lowest BCUT2D eigenvalue weighted by atomic mass is 10.1. The van der Waals surface area contributed by atoms with E-state index in [1.807, 2.05) is 12.1 Å². The lowest BCUT2D eigenvalue weighted by Crippen LogP contribution is -2.30. The Morgan fingerprint density at radius 1 is 1.47 bits per heavy atom. The lowest BCUT2D eigenvalue weighted by Gasteiger charge is -2.19. The summed E-state index contributed by atoms with van der Waals surface area (Å²) in [6, 6.07) is 5.60. The Hall–Kier alpha value is -0.280. The van der Waals surface area contributed by atoms with Crippen molar-refractivity contribution in [3.8, 4) is 0 Å². The number of nitrogens with one attached hydrogen (secondary N) is 1. The van der Waals surface area contributed by atoms with Crippen molar-refractivity contribution in [2.24, 2.45) is 17.6 Å². The molecule has 17 heavy (non-hydrogen) atoms. The van der Waals surface area contributed by atoms with Gasteiger partial charge in [0.15, 0.2) is 0 Å². The molecule has 94 valence electrons. The van der Waals surface area contributed by atoms with Crippen LogP contribution in [0.5, 0.6) is 0 Å². The van der Waals surface area contributed by atoms with E-state index < -0.39 is 0 Å². The van der Waals surface area contributed by atoms with Crippen LogP contribution in [0.2, 0.25) is 10.0 Å². The van der Waals surface area contributed by atoms with Crippen molar-refractivity contribution in [3.05, 3.63) is 33.8 Å². The fourth-order valence-corrected chi connectivity index (χ4v) is 2.51. The summed E-state index contributed by atoms with van der Waals surface area (Å²) in [4.78, 5) is 0. The van der Waals surface area contributed by atoms with Crippen LogP contribution in [0.4, 0.5) is 0 Å². The molecule has 1 aromatic carbocycles. The molecule has 1 aliphatic carbocycles. The van der Waals surface area contributed by atoms with Gasteiger partial charge in [0, 0.05) is 22.6 Å². The largest absolute Gasteiger partial charge is 0.329 e. The average Bonchev–Trinajstić information content (AvgIpc) is 3.00. The number of benzene rings is 1. The second-order valence-electron chi connectivity index (χ2n) is 4.84. The van der Waals surface area contributed by atoms with Gasteiger partial charge in [0.05, 0.1) is 0 Å². The highest BCUT2D eigenvalue weighted by Crippen LogP contribution is 2.37. The molecule has 0 heterocycles. The third kappa shape index (κ3) is 3.35. The van der Waals surface area contributed by atoms with Crippen LogP contribution in [-0.4, -0.2) is 13.1 Å². The first-order valence-corrected chi connectivity index (χ1v) is 6.75. The zero-order chi connectivity index (χ0) is 12.4. The van der Waals surface area contributed by atoms with Crippen molar-refractivity contribution in [1.82, 2.24) is 5.32 Å². The summed E-state index contributed by atoms with van der Waals surface area (Å²) in [6.45, 7) is 3.81. The van der Waals surface area contributed by atoms with Gasteiger partial charge in [-0.25, -0.2) is 0 Å². The predicted molar refractivity (Wildman–Crippen MR) is 73.5 cm³/mol. The Kier molecular flexibility index (Phi) is 4.31. The minimum absolute atomic E-state index is 0.0917. The average molecular weight is 273 g/mol. The predicted octanol–water partition coefficient (Wildman–Crippen LogP) is 3.24. The first kappa shape index (κ1) is 13.2. The Bertz CT molecular complexity index is 395. The Labute approximate surface area is 112 Å². The highest BCUT2D eigenvalue weighted by molar-refractivity contribution is 6.33. The van der Waals surface area contributed by atoms with Crippen molar-refractivity contribution in [2.75, 3.05) is 13.1 Å². The van der Waals surface area contributed by atoms with Crippen molar-refractivity contribution < 1.29 is 0 Å². The molecule has 1 aromatic rings. The van der Waals surface area contributed by atoms with Gasteiger partial charge in [0.2, 0.25) is 0 Å². The molecule has 0 aliphatic heterocycles. The first-order chi connectivity index (χ1) is 8.11. The summed E-state index contributed by atoms with van der Waals surface area (Å²) >= 11 is 12.2. The third-order valence-corrected chi connectivity index (χ3v) is 4.05. The van der Waals surface area contributed by atoms with Gasteiger partial charge in [-0.3, -0.25) is 0 Å². The van der Waals surface area contributed by atoms with E-state index in [2.05, 4.69) is 12.2 Å². The molecule has 4 heteroatoms. The summed E-state index contributed by atoms with van der Waals surface area (Å²) in [5.74, 6) is 1.64. The normalized spacial score (nSPS) is 24.7. The fourth-order valence-electron chi connectivity index (χ4n) is 2.08. The van der Waals surface area contributed by atoms with E-state index in [0.29, 0.717) is 11.6 Å². The smallest absolute Gasteiger partial charge is 0.0460 e. The molecule has 3 N–H and O–H groups in total. The van der Waals surface area contributed by atoms with E-state index in [0.717, 1.165) is 29.0 Å². The van der Waals surface area contributed by atoms with E-state index in [1.54, 1.807) is 6.07 Å². The SMILES string of the molecule is CC1CC1CNC(CN)c1cc(Cl)ccc1Cl. The Morgan fingerprint density at radius 3 is 2.76 bits per heavy atom. The third-order valence-electron chi connectivity index (χ3n) is 3.47. The van der Waals surface area contributed by atoms with Crippen molar-refractivity contribution in [2.45, 2.75) is 19.4 Å². The molecule has 0 aromatic heterocycles. The Morgan fingerprint density at radius 2 is 2.18 bits per heavy atom. The maximum absolute atomic E-state index is 6.18. The zero-order valence-corrected chi connectivity index (χ0v) is 11.4. The van der Waals surface area contributed by atoms with Crippen LogP contribution >= 0.6 is 23.2 Å². The van der Waals surface area contributed by atoms with Gasteiger partial charge in [-0.05, 0) is 48.6 Å². The van der Waals surface area contributed by atoms with Crippen LogP contribution in [-0.2, 0) is 0 Å². The number of halogens is 2. The molecule has 1 fully saturated rings. The summed E-state index contributed by atoms with van der Waals surface area (Å²) in [7, 11) is 0. The molecule has 1 aliphatic rings. The fraction of sp³-hybridized carbons (Fsp3) is 0.538. The standard InChI is InChI=1S/C13H18Cl2N2/c1-8-4-9(8)7-17-13(6-16)11-5-10(14)2-3-12(11)15/h2-3,5,8-9,13,17H,4,6-7,16H2,1H3. The van der Waals surface area contributed by atoms with Gasteiger partial charge in [-0.1, -0.05) is 30.1 Å². The molecule has 2 nitrogen and oxygen atoms in total. The van der Waals surface area contributed by atoms with Crippen molar-refractivity contribution in [3.63, 3.8) is 0 Å². The second kappa shape index (κ2) is 5.57. The topological polar surface area (TPSA) is 38.0 Å². The molecule has 3 unspecified atom stereocenters. The minimum Gasteiger partial charge on any atom is -0.329 e. The van der Waals surface area contributed by atoms with Gasteiger partial charge >= 0.3 is 0 Å². The molecular weight excluding hydrogens is 255 g/mol. The van der Waals surface area contributed by atoms with Gasteiger partial charge in [0.25, 0.3) is 0 Å². The zero-order valence-electron chi connectivity index (χ0n) is 9.92. The number of hydrogen-bond acceptors (Lipinski definition) is 2.